The van der Waals surface area contributed by atoms with Crippen molar-refractivity contribution in [2.24, 2.45) is 0 Å². The molecule has 0 spiro atoms. The van der Waals surface area contributed by atoms with Gasteiger partial charge >= 0.3 is 0 Å². The summed E-state index contributed by atoms with van der Waals surface area (Å²) in [6.07, 6.45) is 27.8. The third-order valence-corrected chi connectivity index (χ3v) is 5.21. The lowest BCUT2D eigenvalue weighted by molar-refractivity contribution is 0.521. The summed E-state index contributed by atoms with van der Waals surface area (Å²) in [7, 11) is 0. The Hall–Kier alpha value is -0.0400. The molecule has 0 unspecified atom stereocenters. The fourth-order valence-electron chi connectivity index (χ4n) is 3.51. The van der Waals surface area contributed by atoms with Gasteiger partial charge in [0.15, 0.2) is 0 Å². The van der Waals surface area contributed by atoms with Crippen LogP contribution >= 0.6 is 0 Å². The SMILES string of the molecule is CCCCCCCCCCCCCCCCCCCCCNCC. The number of unbranched alkanes of at least 4 members (excludes halogenated alkanes) is 18. The predicted octanol–water partition coefficient (Wildman–Crippen LogP) is 8.03. The van der Waals surface area contributed by atoms with E-state index in [1.165, 1.54) is 129 Å². The molecule has 1 heteroatoms. The van der Waals surface area contributed by atoms with Crippen molar-refractivity contribution >= 4 is 0 Å². The van der Waals surface area contributed by atoms with Crippen molar-refractivity contribution in [3.05, 3.63) is 0 Å². The number of rotatable bonds is 21. The molecule has 0 saturated carbocycles. The van der Waals surface area contributed by atoms with Gasteiger partial charge in [0.05, 0.1) is 0 Å². The molecule has 0 fully saturated rings. The van der Waals surface area contributed by atoms with Crippen LogP contribution in [0.2, 0.25) is 0 Å². The summed E-state index contributed by atoms with van der Waals surface area (Å²) >= 11 is 0. The van der Waals surface area contributed by atoms with Crippen molar-refractivity contribution in [3.63, 3.8) is 0 Å². The zero-order valence-corrected chi connectivity index (χ0v) is 17.3. The first kappa shape index (κ1) is 24.0. The summed E-state index contributed by atoms with van der Waals surface area (Å²) in [4.78, 5) is 0. The van der Waals surface area contributed by atoms with E-state index in [2.05, 4.69) is 19.2 Å². The summed E-state index contributed by atoms with van der Waals surface area (Å²) in [6.45, 7) is 6.83. The molecule has 0 aliphatic heterocycles. The minimum absolute atomic E-state index is 1.12. The molecule has 0 aromatic heterocycles. The molecular formula is C23H49N. The average Bonchev–Trinajstić information content (AvgIpc) is 2.60. The zero-order chi connectivity index (χ0) is 17.6. The van der Waals surface area contributed by atoms with Crippen molar-refractivity contribution in [2.45, 2.75) is 136 Å². The Bertz CT molecular complexity index is 180. The first-order valence-electron chi connectivity index (χ1n) is 11.6. The van der Waals surface area contributed by atoms with Gasteiger partial charge in [0.2, 0.25) is 0 Å². The smallest absolute Gasteiger partial charge is 0.00490 e. The standard InChI is InChI=1S/C23H49N/c1-3-5-6-7-8-9-10-11-12-13-14-15-16-17-18-19-20-21-22-23-24-4-2/h24H,3-23H2,1-2H3. The van der Waals surface area contributed by atoms with Crippen molar-refractivity contribution in [3.8, 4) is 0 Å². The predicted molar refractivity (Wildman–Crippen MR) is 112 cm³/mol. The molecule has 1 N–H and O–H groups in total. The van der Waals surface area contributed by atoms with Crippen LogP contribution in [0.4, 0.5) is 0 Å². The minimum atomic E-state index is 1.12. The van der Waals surface area contributed by atoms with Crippen LogP contribution in [0, 0.1) is 0 Å². The molecule has 1 nitrogen and oxygen atoms in total. The Morgan fingerprint density at radius 1 is 0.375 bits per heavy atom. The summed E-state index contributed by atoms with van der Waals surface area (Å²) in [5, 5.41) is 3.41. The maximum atomic E-state index is 3.41. The van der Waals surface area contributed by atoms with Gasteiger partial charge in [-0.25, -0.2) is 0 Å². The first-order chi connectivity index (χ1) is 11.9. The molecule has 0 aromatic rings. The highest BCUT2D eigenvalue weighted by Gasteiger charge is 1.95. The fraction of sp³-hybridized carbons (Fsp3) is 1.00. The lowest BCUT2D eigenvalue weighted by Crippen LogP contribution is -2.13. The van der Waals surface area contributed by atoms with Gasteiger partial charge in [-0.3, -0.25) is 0 Å². The van der Waals surface area contributed by atoms with Crippen LogP contribution in [0.15, 0.2) is 0 Å². The van der Waals surface area contributed by atoms with E-state index in [0.29, 0.717) is 0 Å². The lowest BCUT2D eigenvalue weighted by Gasteiger charge is -2.04. The topological polar surface area (TPSA) is 12.0 Å². The van der Waals surface area contributed by atoms with Crippen molar-refractivity contribution < 1.29 is 0 Å². The van der Waals surface area contributed by atoms with Gasteiger partial charge in [-0.15, -0.1) is 0 Å². The molecular weight excluding hydrogens is 290 g/mol. The van der Waals surface area contributed by atoms with Crippen molar-refractivity contribution in [2.75, 3.05) is 13.1 Å². The van der Waals surface area contributed by atoms with E-state index in [-0.39, 0.29) is 0 Å². The van der Waals surface area contributed by atoms with E-state index in [1.54, 1.807) is 0 Å². The monoisotopic (exact) mass is 339 g/mol. The van der Waals surface area contributed by atoms with Crippen LogP contribution in [0.3, 0.4) is 0 Å². The summed E-state index contributed by atoms with van der Waals surface area (Å²) in [5.74, 6) is 0. The van der Waals surface area contributed by atoms with Crippen LogP contribution in [0.5, 0.6) is 0 Å². The maximum Gasteiger partial charge on any atom is -0.00490 e. The van der Waals surface area contributed by atoms with E-state index < -0.39 is 0 Å². The second-order valence-electron chi connectivity index (χ2n) is 7.72. The fourth-order valence-corrected chi connectivity index (χ4v) is 3.51. The van der Waals surface area contributed by atoms with Crippen LogP contribution in [0.25, 0.3) is 0 Å². The largest absolute Gasteiger partial charge is 0.317 e. The van der Waals surface area contributed by atoms with Crippen molar-refractivity contribution in [1.29, 1.82) is 0 Å². The molecule has 0 heterocycles. The molecule has 0 saturated heterocycles. The van der Waals surface area contributed by atoms with E-state index in [1.807, 2.05) is 0 Å². The van der Waals surface area contributed by atoms with Gasteiger partial charge < -0.3 is 5.32 Å². The van der Waals surface area contributed by atoms with Crippen LogP contribution in [-0.2, 0) is 0 Å². The van der Waals surface area contributed by atoms with Crippen LogP contribution in [0.1, 0.15) is 136 Å². The highest BCUT2D eigenvalue weighted by atomic mass is 14.8. The summed E-state index contributed by atoms with van der Waals surface area (Å²) < 4.78 is 0. The van der Waals surface area contributed by atoms with E-state index in [4.69, 9.17) is 0 Å². The van der Waals surface area contributed by atoms with Crippen LogP contribution < -0.4 is 5.32 Å². The third kappa shape index (κ3) is 22.0. The Morgan fingerprint density at radius 3 is 0.958 bits per heavy atom. The molecule has 0 aliphatic rings. The highest BCUT2D eigenvalue weighted by molar-refractivity contribution is 4.51. The molecule has 0 aromatic carbocycles. The number of hydrogen-bond acceptors (Lipinski definition) is 1. The summed E-state index contributed by atoms with van der Waals surface area (Å²) in [5.41, 5.74) is 0. The van der Waals surface area contributed by atoms with E-state index in [9.17, 15) is 0 Å². The summed E-state index contributed by atoms with van der Waals surface area (Å²) in [6, 6.07) is 0. The lowest BCUT2D eigenvalue weighted by atomic mass is 10.0. The quantitative estimate of drug-likeness (QED) is 0.209. The molecule has 146 valence electrons. The molecule has 0 aliphatic carbocycles. The van der Waals surface area contributed by atoms with Gasteiger partial charge in [0, 0.05) is 0 Å². The maximum absolute atomic E-state index is 3.41. The zero-order valence-electron chi connectivity index (χ0n) is 17.3. The van der Waals surface area contributed by atoms with Gasteiger partial charge in [0.25, 0.3) is 0 Å². The Labute approximate surface area is 154 Å². The van der Waals surface area contributed by atoms with Crippen molar-refractivity contribution in [1.82, 2.24) is 5.32 Å². The highest BCUT2D eigenvalue weighted by Crippen LogP contribution is 2.14. The molecule has 0 radical (unpaired) electrons. The Kier molecular flexibility index (Phi) is 22.9. The molecule has 0 bridgehead atoms. The molecule has 0 rings (SSSR count). The molecule has 24 heavy (non-hydrogen) atoms. The van der Waals surface area contributed by atoms with Crippen LogP contribution in [-0.4, -0.2) is 13.1 Å². The Morgan fingerprint density at radius 2 is 0.667 bits per heavy atom. The van der Waals surface area contributed by atoms with Gasteiger partial charge in [-0.1, -0.05) is 129 Å². The van der Waals surface area contributed by atoms with E-state index in [0.717, 1.165) is 6.54 Å². The third-order valence-electron chi connectivity index (χ3n) is 5.21. The number of nitrogens with one attached hydrogen (secondary N) is 1. The first-order valence-corrected chi connectivity index (χ1v) is 11.6. The minimum Gasteiger partial charge on any atom is -0.317 e. The normalized spacial score (nSPS) is 11.2. The van der Waals surface area contributed by atoms with Gasteiger partial charge in [-0.2, -0.15) is 0 Å². The van der Waals surface area contributed by atoms with Gasteiger partial charge in [-0.05, 0) is 19.5 Å². The average molecular weight is 340 g/mol. The Balaban J connectivity index is 2.93. The van der Waals surface area contributed by atoms with Gasteiger partial charge in [0.1, 0.15) is 0 Å². The van der Waals surface area contributed by atoms with E-state index >= 15 is 0 Å². The number of hydrogen-bond donors (Lipinski definition) is 1. The molecule has 0 amide bonds. The second kappa shape index (κ2) is 23.0. The molecule has 0 atom stereocenters. The second-order valence-corrected chi connectivity index (χ2v) is 7.72.